The average molecular weight is 359 g/mol. The van der Waals surface area contributed by atoms with Crippen LogP contribution in [0.5, 0.6) is 0 Å². The number of nitrogens with one attached hydrogen (secondary N) is 1. The van der Waals surface area contributed by atoms with Crippen molar-refractivity contribution >= 4 is 12.1 Å². The molecule has 1 N–H and O–H groups in total. The van der Waals surface area contributed by atoms with Gasteiger partial charge >= 0.3 is 0 Å². The average Bonchev–Trinajstić information content (AvgIpc) is 2.91. The molecule has 4 nitrogen and oxygen atoms in total. The first-order valence-electron chi connectivity index (χ1n) is 9.03. The second-order valence-electron chi connectivity index (χ2n) is 7.00. The smallest absolute Gasteiger partial charge is 0.271 e. The van der Waals surface area contributed by atoms with E-state index in [9.17, 15) is 4.79 Å². The second-order valence-corrected chi connectivity index (χ2v) is 7.00. The Balaban J connectivity index is 1.81. The molecule has 2 aromatic carbocycles. The van der Waals surface area contributed by atoms with Gasteiger partial charge in [0.15, 0.2) is 0 Å². The fourth-order valence-corrected chi connectivity index (χ4v) is 3.19. The van der Waals surface area contributed by atoms with Gasteiger partial charge in [0.2, 0.25) is 0 Å². The molecule has 0 radical (unpaired) electrons. The van der Waals surface area contributed by atoms with E-state index < -0.39 is 0 Å². The molecule has 0 fully saturated rings. The molecule has 0 bridgehead atoms. The van der Waals surface area contributed by atoms with Crippen LogP contribution in [0.1, 0.15) is 44.0 Å². The summed E-state index contributed by atoms with van der Waals surface area (Å²) in [4.78, 5) is 12.2. The first-order valence-corrected chi connectivity index (χ1v) is 9.03. The molecule has 0 spiro atoms. The summed E-state index contributed by atoms with van der Waals surface area (Å²) in [7, 11) is 0. The molecule has 138 valence electrons. The summed E-state index contributed by atoms with van der Waals surface area (Å²) in [5.41, 5.74) is 11.1. The van der Waals surface area contributed by atoms with Crippen LogP contribution in [0.25, 0.3) is 5.69 Å². The number of hydrazone groups is 1. The zero-order valence-corrected chi connectivity index (χ0v) is 16.5. The van der Waals surface area contributed by atoms with Crippen molar-refractivity contribution < 1.29 is 4.79 Å². The van der Waals surface area contributed by atoms with Gasteiger partial charge in [0, 0.05) is 28.2 Å². The molecule has 0 atom stereocenters. The molecule has 3 rings (SSSR count). The van der Waals surface area contributed by atoms with Crippen LogP contribution in [0.15, 0.2) is 53.6 Å². The molecule has 0 unspecified atom stereocenters. The summed E-state index contributed by atoms with van der Waals surface area (Å²) < 4.78 is 2.20. The van der Waals surface area contributed by atoms with Crippen LogP contribution in [0, 0.1) is 34.6 Å². The number of benzene rings is 2. The van der Waals surface area contributed by atoms with Gasteiger partial charge in [0.1, 0.15) is 0 Å². The van der Waals surface area contributed by atoms with Crippen molar-refractivity contribution in [2.45, 2.75) is 34.6 Å². The van der Waals surface area contributed by atoms with Crippen LogP contribution in [0.4, 0.5) is 0 Å². The number of amides is 1. The van der Waals surface area contributed by atoms with Gasteiger partial charge in [-0.1, -0.05) is 23.8 Å². The number of rotatable bonds is 4. The fourth-order valence-electron chi connectivity index (χ4n) is 3.19. The monoisotopic (exact) mass is 359 g/mol. The summed E-state index contributed by atoms with van der Waals surface area (Å²) in [6.07, 6.45) is 1.70. The minimum Gasteiger partial charge on any atom is -0.318 e. The Morgan fingerprint density at radius 1 is 0.963 bits per heavy atom. The van der Waals surface area contributed by atoms with E-state index in [4.69, 9.17) is 0 Å². The number of carbonyl (C=O) groups is 1. The molecule has 0 saturated carbocycles. The van der Waals surface area contributed by atoms with E-state index in [0.717, 1.165) is 28.2 Å². The third kappa shape index (κ3) is 4.00. The molecule has 3 aromatic rings. The minimum absolute atomic E-state index is 0.210. The molecule has 0 saturated heterocycles. The van der Waals surface area contributed by atoms with Gasteiger partial charge in [-0.25, -0.2) is 5.43 Å². The summed E-state index contributed by atoms with van der Waals surface area (Å²) in [6, 6.07) is 16.0. The lowest BCUT2D eigenvalue weighted by molar-refractivity contribution is 0.0955. The van der Waals surface area contributed by atoms with Crippen molar-refractivity contribution in [2.24, 2.45) is 5.10 Å². The summed E-state index contributed by atoms with van der Waals surface area (Å²) in [5, 5.41) is 4.15. The van der Waals surface area contributed by atoms with Crippen molar-refractivity contribution in [3.63, 3.8) is 0 Å². The Hall–Kier alpha value is -3.14. The van der Waals surface area contributed by atoms with Crippen molar-refractivity contribution in [3.05, 3.63) is 87.7 Å². The van der Waals surface area contributed by atoms with Crippen LogP contribution in [0.3, 0.4) is 0 Å². The molecular formula is C23H25N3O. The standard InChI is InChI=1S/C23H25N3O/c1-15-7-6-8-20(11-15)23(27)25-24-14-21-13-18(4)26(19(21)5)22-10-9-16(2)17(3)12-22/h6-14H,1-5H3,(H,25,27)/b24-14-. The highest BCUT2D eigenvalue weighted by Gasteiger charge is 2.10. The van der Waals surface area contributed by atoms with Gasteiger partial charge in [-0.2, -0.15) is 5.10 Å². The lowest BCUT2D eigenvalue weighted by Gasteiger charge is -2.11. The van der Waals surface area contributed by atoms with Gasteiger partial charge in [0.05, 0.1) is 6.21 Å². The van der Waals surface area contributed by atoms with Crippen LogP contribution in [-0.2, 0) is 0 Å². The van der Waals surface area contributed by atoms with Crippen LogP contribution in [-0.4, -0.2) is 16.7 Å². The van der Waals surface area contributed by atoms with E-state index in [0.29, 0.717) is 5.56 Å². The van der Waals surface area contributed by atoms with E-state index in [1.165, 1.54) is 11.1 Å². The van der Waals surface area contributed by atoms with Crippen LogP contribution < -0.4 is 5.43 Å². The minimum atomic E-state index is -0.210. The second kappa shape index (κ2) is 7.62. The quantitative estimate of drug-likeness (QED) is 0.529. The zero-order valence-electron chi connectivity index (χ0n) is 16.5. The first-order chi connectivity index (χ1) is 12.9. The van der Waals surface area contributed by atoms with Crippen LogP contribution in [0.2, 0.25) is 0 Å². The topological polar surface area (TPSA) is 46.4 Å². The van der Waals surface area contributed by atoms with Crippen molar-refractivity contribution in [2.75, 3.05) is 0 Å². The maximum Gasteiger partial charge on any atom is 0.271 e. The normalized spacial score (nSPS) is 11.1. The zero-order chi connectivity index (χ0) is 19.6. The molecule has 0 aliphatic carbocycles. The fraction of sp³-hybridized carbons (Fsp3) is 0.217. The van der Waals surface area contributed by atoms with Gasteiger partial charge in [-0.05, 0) is 76.1 Å². The van der Waals surface area contributed by atoms with Gasteiger partial charge in [0.25, 0.3) is 5.91 Å². The number of carbonyl (C=O) groups excluding carboxylic acids is 1. The molecule has 0 aliphatic heterocycles. The maximum absolute atomic E-state index is 12.2. The Labute approximate surface area is 160 Å². The Bertz CT molecular complexity index is 1030. The third-order valence-corrected chi connectivity index (χ3v) is 4.87. The Kier molecular flexibility index (Phi) is 5.26. The Morgan fingerprint density at radius 3 is 2.44 bits per heavy atom. The third-order valence-electron chi connectivity index (χ3n) is 4.87. The van der Waals surface area contributed by atoms with E-state index in [2.05, 4.69) is 67.1 Å². The number of aromatic nitrogens is 1. The number of nitrogens with zero attached hydrogens (tertiary/aromatic N) is 2. The lowest BCUT2D eigenvalue weighted by atomic mass is 10.1. The summed E-state index contributed by atoms with van der Waals surface area (Å²) in [6.45, 7) is 10.3. The highest BCUT2D eigenvalue weighted by atomic mass is 16.2. The van der Waals surface area contributed by atoms with Gasteiger partial charge in [-0.3, -0.25) is 4.79 Å². The molecular weight excluding hydrogens is 334 g/mol. The van der Waals surface area contributed by atoms with E-state index >= 15 is 0 Å². The largest absolute Gasteiger partial charge is 0.318 e. The molecule has 1 heterocycles. The summed E-state index contributed by atoms with van der Waals surface area (Å²) in [5.74, 6) is -0.210. The molecule has 1 amide bonds. The van der Waals surface area contributed by atoms with Gasteiger partial charge < -0.3 is 4.57 Å². The molecule has 0 aliphatic rings. The highest BCUT2D eigenvalue weighted by molar-refractivity contribution is 5.95. The van der Waals surface area contributed by atoms with Crippen LogP contribution >= 0.6 is 0 Å². The predicted octanol–water partition coefficient (Wildman–Crippen LogP) is 4.78. The van der Waals surface area contributed by atoms with E-state index in [1.54, 1.807) is 12.3 Å². The number of aryl methyl sites for hydroxylation is 4. The SMILES string of the molecule is Cc1cccc(C(=O)N/N=C\c2cc(C)n(-c3ccc(C)c(C)c3)c2C)c1. The molecule has 4 heteroatoms. The van der Waals surface area contributed by atoms with E-state index in [1.807, 2.05) is 25.1 Å². The predicted molar refractivity (Wildman–Crippen MR) is 111 cm³/mol. The lowest BCUT2D eigenvalue weighted by Crippen LogP contribution is -2.17. The maximum atomic E-state index is 12.2. The highest BCUT2D eigenvalue weighted by Crippen LogP contribution is 2.21. The molecule has 1 aromatic heterocycles. The molecule has 27 heavy (non-hydrogen) atoms. The first kappa shape index (κ1) is 18.6. The van der Waals surface area contributed by atoms with E-state index in [-0.39, 0.29) is 5.91 Å². The van der Waals surface area contributed by atoms with Crippen molar-refractivity contribution in [3.8, 4) is 5.69 Å². The number of hydrogen-bond acceptors (Lipinski definition) is 2. The van der Waals surface area contributed by atoms with Crippen molar-refractivity contribution in [1.82, 2.24) is 9.99 Å². The summed E-state index contributed by atoms with van der Waals surface area (Å²) >= 11 is 0. The van der Waals surface area contributed by atoms with Crippen molar-refractivity contribution in [1.29, 1.82) is 0 Å². The number of hydrogen-bond donors (Lipinski definition) is 1. The van der Waals surface area contributed by atoms with Gasteiger partial charge in [-0.15, -0.1) is 0 Å². The Morgan fingerprint density at radius 2 is 1.74 bits per heavy atom.